The molecule has 2 aromatic carbocycles. The molecule has 0 saturated heterocycles. The zero-order valence-electron chi connectivity index (χ0n) is 11.1. The van der Waals surface area contributed by atoms with Crippen molar-refractivity contribution >= 4 is 0 Å². The zero-order chi connectivity index (χ0) is 14.9. The van der Waals surface area contributed by atoms with Crippen molar-refractivity contribution in [1.29, 1.82) is 0 Å². The molecule has 2 N–H and O–H groups in total. The zero-order valence-corrected chi connectivity index (χ0v) is 11.1. The molecule has 1 unspecified atom stereocenters. The van der Waals surface area contributed by atoms with Gasteiger partial charge in [0.15, 0.2) is 0 Å². The first-order chi connectivity index (χ1) is 9.43. The van der Waals surface area contributed by atoms with E-state index in [2.05, 4.69) is 0 Å². The van der Waals surface area contributed by atoms with Gasteiger partial charge in [-0.1, -0.05) is 6.07 Å². The molecule has 0 spiro atoms. The summed E-state index contributed by atoms with van der Waals surface area (Å²) in [6.45, 7) is 1.50. The number of benzene rings is 2. The van der Waals surface area contributed by atoms with Crippen LogP contribution in [-0.2, 0) is 0 Å². The van der Waals surface area contributed by atoms with Crippen molar-refractivity contribution in [3.63, 3.8) is 0 Å². The first kappa shape index (κ1) is 14.4. The number of nitrogens with two attached hydrogens (primary N) is 1. The highest BCUT2D eigenvalue weighted by Crippen LogP contribution is 2.28. The van der Waals surface area contributed by atoms with Crippen LogP contribution in [0.3, 0.4) is 0 Å². The molecular formula is C15H14F3NO. The number of methoxy groups -OCH3 is 1. The minimum atomic E-state index is -1.01. The number of aryl methyl sites for hydroxylation is 1. The Morgan fingerprint density at radius 3 is 2.20 bits per heavy atom. The van der Waals surface area contributed by atoms with Gasteiger partial charge in [0.2, 0.25) is 0 Å². The van der Waals surface area contributed by atoms with Gasteiger partial charge in [-0.2, -0.15) is 0 Å². The van der Waals surface area contributed by atoms with E-state index in [1.165, 1.54) is 38.3 Å². The molecule has 2 rings (SSSR count). The van der Waals surface area contributed by atoms with E-state index < -0.39 is 23.5 Å². The lowest BCUT2D eigenvalue weighted by atomic mass is 9.97. The lowest BCUT2D eigenvalue weighted by Crippen LogP contribution is -2.16. The predicted octanol–water partition coefficient (Wildman–Crippen LogP) is 3.47. The largest absolute Gasteiger partial charge is 0.497 e. The van der Waals surface area contributed by atoms with Crippen molar-refractivity contribution in [3.05, 3.63) is 64.5 Å². The van der Waals surface area contributed by atoms with Gasteiger partial charge in [-0.15, -0.1) is 0 Å². The smallest absolute Gasteiger partial charge is 0.132 e. The van der Waals surface area contributed by atoms with Crippen molar-refractivity contribution in [3.8, 4) is 5.75 Å². The molecule has 0 aliphatic heterocycles. The van der Waals surface area contributed by atoms with Crippen LogP contribution in [0.5, 0.6) is 5.75 Å². The maximum atomic E-state index is 13.9. The average molecular weight is 281 g/mol. The maximum Gasteiger partial charge on any atom is 0.132 e. The summed E-state index contributed by atoms with van der Waals surface area (Å²) in [5.41, 5.74) is 6.31. The predicted molar refractivity (Wildman–Crippen MR) is 70.1 cm³/mol. The van der Waals surface area contributed by atoms with Crippen LogP contribution in [-0.4, -0.2) is 7.11 Å². The summed E-state index contributed by atoms with van der Waals surface area (Å²) in [6, 6.07) is 5.16. The third-order valence-corrected chi connectivity index (χ3v) is 3.16. The Labute approximate surface area is 115 Å². The number of hydrogen-bond acceptors (Lipinski definition) is 2. The molecule has 2 aromatic rings. The van der Waals surface area contributed by atoms with Gasteiger partial charge < -0.3 is 10.5 Å². The minimum absolute atomic E-state index is 0.0490. The summed E-state index contributed by atoms with van der Waals surface area (Å²) < 4.78 is 45.8. The highest BCUT2D eigenvalue weighted by Gasteiger charge is 2.19. The number of ether oxygens (including phenoxy) is 1. The fourth-order valence-corrected chi connectivity index (χ4v) is 1.97. The molecule has 0 saturated carbocycles. The Kier molecular flexibility index (Phi) is 3.99. The van der Waals surface area contributed by atoms with Crippen molar-refractivity contribution in [1.82, 2.24) is 0 Å². The third kappa shape index (κ3) is 2.63. The summed E-state index contributed by atoms with van der Waals surface area (Å²) in [6.07, 6.45) is 0. The molecule has 106 valence electrons. The van der Waals surface area contributed by atoms with Crippen LogP contribution in [0, 0.1) is 24.4 Å². The highest BCUT2D eigenvalue weighted by molar-refractivity contribution is 5.38. The van der Waals surface area contributed by atoms with Gasteiger partial charge >= 0.3 is 0 Å². The minimum Gasteiger partial charge on any atom is -0.497 e. The lowest BCUT2D eigenvalue weighted by molar-refractivity contribution is 0.410. The second-order valence-electron chi connectivity index (χ2n) is 4.49. The molecule has 0 heterocycles. The van der Waals surface area contributed by atoms with Crippen LogP contribution in [0.15, 0.2) is 30.3 Å². The molecule has 0 amide bonds. The molecule has 0 aliphatic rings. The van der Waals surface area contributed by atoms with E-state index >= 15 is 0 Å². The first-order valence-electron chi connectivity index (χ1n) is 5.98. The van der Waals surface area contributed by atoms with Crippen LogP contribution in [0.25, 0.3) is 0 Å². The molecule has 0 fully saturated rings. The van der Waals surface area contributed by atoms with Crippen molar-refractivity contribution in [2.45, 2.75) is 13.0 Å². The Morgan fingerprint density at radius 2 is 1.60 bits per heavy atom. The Hall–Kier alpha value is -2.01. The van der Waals surface area contributed by atoms with E-state index in [4.69, 9.17) is 10.5 Å². The first-order valence-corrected chi connectivity index (χ1v) is 5.98. The molecule has 2 nitrogen and oxygen atoms in total. The van der Waals surface area contributed by atoms with Crippen molar-refractivity contribution in [2.24, 2.45) is 5.73 Å². The average Bonchev–Trinajstić information content (AvgIpc) is 2.42. The molecule has 20 heavy (non-hydrogen) atoms. The van der Waals surface area contributed by atoms with Gasteiger partial charge in [0, 0.05) is 23.3 Å². The molecule has 0 aromatic heterocycles. The number of halogens is 3. The highest BCUT2D eigenvalue weighted by atomic mass is 19.1. The molecule has 0 radical (unpaired) electrons. The van der Waals surface area contributed by atoms with Gasteiger partial charge in [0.1, 0.15) is 23.2 Å². The summed E-state index contributed by atoms with van der Waals surface area (Å²) >= 11 is 0. The quantitative estimate of drug-likeness (QED) is 0.935. The molecule has 1 atom stereocenters. The fourth-order valence-electron chi connectivity index (χ4n) is 1.97. The fraction of sp³-hybridized carbons (Fsp3) is 0.200. The van der Waals surface area contributed by atoms with Gasteiger partial charge in [-0.05, 0) is 24.6 Å². The Balaban J connectivity index is 2.46. The third-order valence-electron chi connectivity index (χ3n) is 3.16. The Bertz CT molecular complexity index is 643. The van der Waals surface area contributed by atoms with Crippen LogP contribution in [0.4, 0.5) is 13.2 Å². The second-order valence-corrected chi connectivity index (χ2v) is 4.49. The van der Waals surface area contributed by atoms with Gasteiger partial charge in [0.25, 0.3) is 0 Å². The van der Waals surface area contributed by atoms with E-state index in [1.807, 2.05) is 0 Å². The molecule has 5 heteroatoms. The van der Waals surface area contributed by atoms with Gasteiger partial charge in [-0.25, -0.2) is 13.2 Å². The Morgan fingerprint density at radius 1 is 0.950 bits per heavy atom. The van der Waals surface area contributed by atoms with Crippen LogP contribution in [0.1, 0.15) is 22.7 Å². The SMILES string of the molecule is COc1ccc(C(N)c2cc(C)c(F)cc2F)c(F)c1. The van der Waals surface area contributed by atoms with E-state index in [1.54, 1.807) is 0 Å². The summed E-state index contributed by atoms with van der Waals surface area (Å²) in [5, 5.41) is 0. The number of rotatable bonds is 3. The van der Waals surface area contributed by atoms with Gasteiger partial charge in [-0.3, -0.25) is 0 Å². The standard InChI is InChI=1S/C15H14F3NO/c1-8-5-11(14(18)7-12(8)16)15(19)10-4-3-9(20-2)6-13(10)17/h3-7,15H,19H2,1-2H3. The summed E-state index contributed by atoms with van der Waals surface area (Å²) in [7, 11) is 1.41. The topological polar surface area (TPSA) is 35.2 Å². The van der Waals surface area contributed by atoms with E-state index in [0.717, 1.165) is 6.07 Å². The number of hydrogen-bond donors (Lipinski definition) is 1. The van der Waals surface area contributed by atoms with Crippen molar-refractivity contribution < 1.29 is 17.9 Å². The van der Waals surface area contributed by atoms with Gasteiger partial charge in [0.05, 0.1) is 13.2 Å². The lowest BCUT2D eigenvalue weighted by Gasteiger charge is -2.16. The second kappa shape index (κ2) is 5.54. The maximum absolute atomic E-state index is 13.9. The normalized spacial score (nSPS) is 12.3. The molecule has 0 aliphatic carbocycles. The van der Waals surface area contributed by atoms with E-state index in [-0.39, 0.29) is 16.7 Å². The van der Waals surface area contributed by atoms with Crippen LogP contribution >= 0.6 is 0 Å². The van der Waals surface area contributed by atoms with Crippen LogP contribution < -0.4 is 10.5 Å². The van der Waals surface area contributed by atoms with E-state index in [0.29, 0.717) is 5.75 Å². The summed E-state index contributed by atoms with van der Waals surface area (Å²) in [5.74, 6) is -1.71. The molecule has 0 bridgehead atoms. The van der Waals surface area contributed by atoms with E-state index in [9.17, 15) is 13.2 Å². The van der Waals surface area contributed by atoms with Crippen molar-refractivity contribution in [2.75, 3.05) is 7.11 Å². The summed E-state index contributed by atoms with van der Waals surface area (Å²) in [4.78, 5) is 0. The van der Waals surface area contributed by atoms with Crippen LogP contribution in [0.2, 0.25) is 0 Å². The monoisotopic (exact) mass is 281 g/mol. The molecular weight excluding hydrogens is 267 g/mol.